The van der Waals surface area contributed by atoms with Crippen LogP contribution in [0.15, 0.2) is 42.6 Å². The zero-order valence-electron chi connectivity index (χ0n) is 16.1. The van der Waals surface area contributed by atoms with E-state index in [0.29, 0.717) is 22.4 Å². The SMILES string of the molecule is Cl.Cl.O=C(/C=C/c1cnc(NC2CCN(Cc3ccccc3Cl)CC2)c(Cl)c1)NO. The summed E-state index contributed by atoms with van der Waals surface area (Å²) in [5.41, 5.74) is 3.36. The number of halogens is 4. The Morgan fingerprint density at radius 3 is 2.53 bits per heavy atom. The average molecular weight is 494 g/mol. The molecule has 0 spiro atoms. The van der Waals surface area contributed by atoms with Crippen LogP contribution in [0.4, 0.5) is 5.82 Å². The van der Waals surface area contributed by atoms with E-state index in [2.05, 4.69) is 21.3 Å². The third-order valence-electron chi connectivity index (χ3n) is 4.68. The summed E-state index contributed by atoms with van der Waals surface area (Å²) in [5, 5.41) is 13.2. The van der Waals surface area contributed by atoms with Gasteiger partial charge in [-0.15, -0.1) is 24.8 Å². The Hall–Kier alpha value is -1.54. The van der Waals surface area contributed by atoms with Gasteiger partial charge in [0.2, 0.25) is 0 Å². The molecule has 1 amide bonds. The Morgan fingerprint density at radius 1 is 1.20 bits per heavy atom. The fraction of sp³-hybridized carbons (Fsp3) is 0.300. The van der Waals surface area contributed by atoms with Crippen LogP contribution >= 0.6 is 48.0 Å². The number of piperidine rings is 1. The van der Waals surface area contributed by atoms with Gasteiger partial charge in [0.15, 0.2) is 0 Å². The smallest absolute Gasteiger partial charge is 0.267 e. The number of pyridine rings is 1. The van der Waals surface area contributed by atoms with Gasteiger partial charge in [-0.05, 0) is 42.2 Å². The molecule has 0 atom stereocenters. The molecular weight excluding hydrogens is 470 g/mol. The number of carbonyl (C=O) groups excluding carboxylic acids is 1. The van der Waals surface area contributed by atoms with Crippen molar-refractivity contribution in [1.82, 2.24) is 15.4 Å². The molecule has 3 rings (SSSR count). The maximum absolute atomic E-state index is 11.0. The lowest BCUT2D eigenvalue weighted by molar-refractivity contribution is -0.124. The number of hydrogen-bond acceptors (Lipinski definition) is 5. The van der Waals surface area contributed by atoms with Gasteiger partial charge in [0.1, 0.15) is 5.82 Å². The van der Waals surface area contributed by atoms with E-state index in [9.17, 15) is 4.79 Å². The lowest BCUT2D eigenvalue weighted by atomic mass is 10.0. The Bertz CT molecular complexity index is 858. The van der Waals surface area contributed by atoms with Crippen molar-refractivity contribution in [2.75, 3.05) is 18.4 Å². The highest BCUT2D eigenvalue weighted by molar-refractivity contribution is 6.33. The van der Waals surface area contributed by atoms with E-state index in [1.54, 1.807) is 12.3 Å². The van der Waals surface area contributed by atoms with Gasteiger partial charge < -0.3 is 5.32 Å². The lowest BCUT2D eigenvalue weighted by Gasteiger charge is -2.33. The number of nitrogens with zero attached hydrogens (tertiary/aromatic N) is 2. The standard InChI is InChI=1S/C20H22Cl2N4O2.2ClH/c21-17-4-2-1-3-15(17)13-26-9-7-16(8-10-26)24-20-18(22)11-14(12-23-20)5-6-19(27)25-28;;/h1-6,11-12,16,28H,7-10,13H2,(H,23,24)(H,25,27);2*1H/b6-5+;;. The van der Waals surface area contributed by atoms with Crippen LogP contribution in [0.25, 0.3) is 6.08 Å². The van der Waals surface area contributed by atoms with E-state index in [-0.39, 0.29) is 24.8 Å². The molecule has 0 bridgehead atoms. The summed E-state index contributed by atoms with van der Waals surface area (Å²) in [6.45, 7) is 2.79. The molecule has 1 fully saturated rings. The minimum absolute atomic E-state index is 0. The summed E-state index contributed by atoms with van der Waals surface area (Å²) in [7, 11) is 0. The molecule has 2 aromatic rings. The normalized spacial score (nSPS) is 14.6. The van der Waals surface area contributed by atoms with Gasteiger partial charge in [0.05, 0.1) is 5.02 Å². The minimum Gasteiger partial charge on any atom is -0.366 e. The Balaban J connectivity index is 0.00000225. The van der Waals surface area contributed by atoms with E-state index in [0.717, 1.165) is 43.1 Å². The summed E-state index contributed by atoms with van der Waals surface area (Å²) < 4.78 is 0. The molecule has 10 heteroatoms. The van der Waals surface area contributed by atoms with Crippen LogP contribution in [0.5, 0.6) is 0 Å². The highest BCUT2D eigenvalue weighted by Crippen LogP contribution is 2.25. The van der Waals surface area contributed by atoms with Crippen LogP contribution in [-0.2, 0) is 11.3 Å². The molecular formula is C20H24Cl4N4O2. The second-order valence-electron chi connectivity index (χ2n) is 6.69. The molecule has 0 aliphatic carbocycles. The van der Waals surface area contributed by atoms with E-state index >= 15 is 0 Å². The van der Waals surface area contributed by atoms with Gasteiger partial charge in [-0.2, -0.15) is 0 Å². The number of nitrogens with one attached hydrogen (secondary N) is 2. The Morgan fingerprint density at radius 2 is 1.90 bits per heavy atom. The van der Waals surface area contributed by atoms with E-state index in [1.165, 1.54) is 17.6 Å². The third kappa shape index (κ3) is 7.61. The topological polar surface area (TPSA) is 77.5 Å². The lowest BCUT2D eigenvalue weighted by Crippen LogP contribution is -2.38. The predicted octanol–water partition coefficient (Wildman–Crippen LogP) is 4.83. The van der Waals surface area contributed by atoms with Crippen molar-refractivity contribution in [2.24, 2.45) is 0 Å². The number of hydrogen-bond donors (Lipinski definition) is 3. The van der Waals surface area contributed by atoms with Crippen LogP contribution in [-0.4, -0.2) is 40.1 Å². The zero-order valence-corrected chi connectivity index (χ0v) is 19.2. The van der Waals surface area contributed by atoms with Gasteiger partial charge in [-0.3, -0.25) is 14.9 Å². The summed E-state index contributed by atoms with van der Waals surface area (Å²) in [6, 6.07) is 9.98. The van der Waals surface area contributed by atoms with Gasteiger partial charge in [-0.25, -0.2) is 10.5 Å². The first kappa shape index (κ1) is 26.5. The van der Waals surface area contributed by atoms with Crippen LogP contribution in [0.2, 0.25) is 10.0 Å². The first-order valence-electron chi connectivity index (χ1n) is 9.05. The third-order valence-corrected chi connectivity index (χ3v) is 5.34. The quantitative estimate of drug-likeness (QED) is 0.305. The summed E-state index contributed by atoms with van der Waals surface area (Å²) >= 11 is 12.6. The zero-order chi connectivity index (χ0) is 19.9. The second-order valence-corrected chi connectivity index (χ2v) is 7.51. The molecule has 164 valence electrons. The largest absolute Gasteiger partial charge is 0.366 e. The van der Waals surface area contributed by atoms with Gasteiger partial charge in [-0.1, -0.05) is 41.4 Å². The average Bonchev–Trinajstić information content (AvgIpc) is 2.71. The van der Waals surface area contributed by atoms with Crippen molar-refractivity contribution >= 4 is 65.8 Å². The van der Waals surface area contributed by atoms with Crippen molar-refractivity contribution in [1.29, 1.82) is 0 Å². The van der Waals surface area contributed by atoms with Gasteiger partial charge in [0, 0.05) is 43.0 Å². The molecule has 0 unspecified atom stereocenters. The number of rotatable bonds is 6. The van der Waals surface area contributed by atoms with Gasteiger partial charge in [0.25, 0.3) is 5.91 Å². The highest BCUT2D eigenvalue weighted by atomic mass is 35.5. The second kappa shape index (κ2) is 13.0. The number of benzene rings is 1. The molecule has 0 radical (unpaired) electrons. The molecule has 1 saturated heterocycles. The fourth-order valence-electron chi connectivity index (χ4n) is 3.16. The maximum Gasteiger partial charge on any atom is 0.267 e. The van der Waals surface area contributed by atoms with Crippen LogP contribution in [0, 0.1) is 0 Å². The summed E-state index contributed by atoms with van der Waals surface area (Å²) in [4.78, 5) is 17.8. The number of hydroxylamine groups is 1. The first-order chi connectivity index (χ1) is 13.5. The van der Waals surface area contributed by atoms with Crippen molar-refractivity contribution in [3.05, 3.63) is 63.8 Å². The monoisotopic (exact) mass is 492 g/mol. The van der Waals surface area contributed by atoms with Gasteiger partial charge >= 0.3 is 0 Å². The molecule has 3 N–H and O–H groups in total. The highest BCUT2D eigenvalue weighted by Gasteiger charge is 2.20. The van der Waals surface area contributed by atoms with Crippen LogP contribution in [0.3, 0.4) is 0 Å². The Labute approximate surface area is 198 Å². The summed E-state index contributed by atoms with van der Waals surface area (Å²) in [6.07, 6.45) is 6.33. The van der Waals surface area contributed by atoms with Crippen molar-refractivity contribution in [3.8, 4) is 0 Å². The molecule has 30 heavy (non-hydrogen) atoms. The van der Waals surface area contributed by atoms with Crippen molar-refractivity contribution < 1.29 is 10.0 Å². The molecule has 1 aliphatic heterocycles. The van der Waals surface area contributed by atoms with E-state index in [1.807, 2.05) is 18.2 Å². The number of aromatic nitrogens is 1. The number of anilines is 1. The first-order valence-corrected chi connectivity index (χ1v) is 9.80. The maximum atomic E-state index is 11.0. The molecule has 1 aromatic carbocycles. The Kier molecular flexibility index (Phi) is 11.5. The fourth-order valence-corrected chi connectivity index (χ4v) is 3.58. The molecule has 2 heterocycles. The van der Waals surface area contributed by atoms with Crippen molar-refractivity contribution in [3.63, 3.8) is 0 Å². The molecule has 0 saturated carbocycles. The van der Waals surface area contributed by atoms with Crippen LogP contribution < -0.4 is 10.8 Å². The van der Waals surface area contributed by atoms with Crippen LogP contribution in [0.1, 0.15) is 24.0 Å². The molecule has 6 nitrogen and oxygen atoms in total. The molecule has 1 aliphatic rings. The summed E-state index contributed by atoms with van der Waals surface area (Å²) in [5.74, 6) is 0.0249. The minimum atomic E-state index is -0.609. The number of carbonyl (C=O) groups is 1. The van der Waals surface area contributed by atoms with E-state index < -0.39 is 5.91 Å². The molecule has 1 aromatic heterocycles. The number of amides is 1. The number of likely N-dealkylation sites (tertiary alicyclic amines) is 1. The van der Waals surface area contributed by atoms with E-state index in [4.69, 9.17) is 28.4 Å². The van der Waals surface area contributed by atoms with Crippen molar-refractivity contribution in [2.45, 2.75) is 25.4 Å². The predicted molar refractivity (Wildman–Crippen MR) is 126 cm³/mol.